The standard InChI is InChI=1S/C14H13Br2ClS/c15-9-10(8-12-5-6-14(16)18-12)7-11-3-1-2-4-13(11)17/h1-6,10H,7-9H2. The molecule has 0 saturated heterocycles. The molecule has 18 heavy (non-hydrogen) atoms. The molecule has 1 unspecified atom stereocenters. The minimum atomic E-state index is 0.579. The summed E-state index contributed by atoms with van der Waals surface area (Å²) in [5, 5.41) is 1.86. The van der Waals surface area contributed by atoms with Crippen molar-refractivity contribution in [3.63, 3.8) is 0 Å². The molecule has 2 aromatic rings. The summed E-state index contributed by atoms with van der Waals surface area (Å²) >= 11 is 15.1. The van der Waals surface area contributed by atoms with E-state index in [-0.39, 0.29) is 0 Å². The van der Waals surface area contributed by atoms with Crippen LogP contribution in [0.2, 0.25) is 5.02 Å². The van der Waals surface area contributed by atoms with E-state index in [0.29, 0.717) is 5.92 Å². The van der Waals surface area contributed by atoms with Gasteiger partial charge in [0.15, 0.2) is 0 Å². The Bertz CT molecular complexity index is 510. The zero-order valence-corrected chi connectivity index (χ0v) is 14.4. The average Bonchev–Trinajstić information content (AvgIpc) is 2.76. The molecule has 0 aliphatic heterocycles. The topological polar surface area (TPSA) is 0 Å². The number of thiophene rings is 1. The lowest BCUT2D eigenvalue weighted by Gasteiger charge is -2.14. The Morgan fingerprint density at radius 2 is 1.89 bits per heavy atom. The van der Waals surface area contributed by atoms with Crippen LogP contribution in [-0.2, 0) is 12.8 Å². The summed E-state index contributed by atoms with van der Waals surface area (Å²) in [5.74, 6) is 0.579. The molecule has 0 radical (unpaired) electrons. The highest BCUT2D eigenvalue weighted by Crippen LogP contribution is 2.27. The first kappa shape index (κ1) is 14.6. The molecule has 0 N–H and O–H groups in total. The van der Waals surface area contributed by atoms with Gasteiger partial charge in [-0.05, 0) is 58.5 Å². The molecule has 0 saturated carbocycles. The van der Waals surface area contributed by atoms with Crippen molar-refractivity contribution in [2.45, 2.75) is 12.8 Å². The number of halogens is 3. The van der Waals surface area contributed by atoms with E-state index >= 15 is 0 Å². The van der Waals surface area contributed by atoms with Crippen molar-refractivity contribution in [3.05, 3.63) is 55.6 Å². The van der Waals surface area contributed by atoms with Crippen LogP contribution < -0.4 is 0 Å². The quantitative estimate of drug-likeness (QED) is 0.536. The maximum Gasteiger partial charge on any atom is 0.0701 e. The van der Waals surface area contributed by atoms with Crippen molar-refractivity contribution in [2.24, 2.45) is 5.92 Å². The van der Waals surface area contributed by atoms with Crippen molar-refractivity contribution in [1.29, 1.82) is 0 Å². The molecule has 4 heteroatoms. The summed E-state index contributed by atoms with van der Waals surface area (Å²) in [4.78, 5) is 1.42. The molecule has 0 spiro atoms. The van der Waals surface area contributed by atoms with Crippen LogP contribution in [0, 0.1) is 5.92 Å². The highest BCUT2D eigenvalue weighted by molar-refractivity contribution is 9.11. The minimum absolute atomic E-state index is 0.579. The lowest BCUT2D eigenvalue weighted by atomic mass is 9.97. The Kier molecular flexibility index (Phi) is 5.74. The SMILES string of the molecule is Clc1ccccc1CC(CBr)Cc1ccc(Br)s1. The van der Waals surface area contributed by atoms with Crippen molar-refractivity contribution in [1.82, 2.24) is 0 Å². The number of benzene rings is 1. The minimum Gasteiger partial charge on any atom is -0.133 e. The second kappa shape index (κ2) is 7.09. The normalized spacial score (nSPS) is 12.6. The van der Waals surface area contributed by atoms with E-state index in [0.717, 1.165) is 23.2 Å². The fourth-order valence-electron chi connectivity index (χ4n) is 1.90. The van der Waals surface area contributed by atoms with Gasteiger partial charge in [-0.25, -0.2) is 0 Å². The first-order valence-corrected chi connectivity index (χ1v) is 8.83. The third kappa shape index (κ3) is 4.09. The molecule has 0 aliphatic carbocycles. The highest BCUT2D eigenvalue weighted by atomic mass is 79.9. The summed E-state index contributed by atoms with van der Waals surface area (Å²) in [6.07, 6.45) is 2.10. The number of hydrogen-bond acceptors (Lipinski definition) is 1. The van der Waals surface area contributed by atoms with E-state index in [9.17, 15) is 0 Å². The monoisotopic (exact) mass is 406 g/mol. The molecule has 0 fully saturated rings. The third-order valence-corrected chi connectivity index (χ3v) is 5.73. The Labute approximate surface area is 134 Å². The van der Waals surface area contributed by atoms with Crippen LogP contribution in [0.4, 0.5) is 0 Å². The van der Waals surface area contributed by atoms with Crippen LogP contribution in [0.3, 0.4) is 0 Å². The van der Waals surface area contributed by atoms with Crippen LogP contribution in [0.5, 0.6) is 0 Å². The molecule has 0 nitrogen and oxygen atoms in total. The van der Waals surface area contributed by atoms with Gasteiger partial charge in [-0.3, -0.25) is 0 Å². The average molecular weight is 409 g/mol. The summed E-state index contributed by atoms with van der Waals surface area (Å²) in [6.45, 7) is 0. The van der Waals surface area contributed by atoms with Gasteiger partial charge >= 0.3 is 0 Å². The molecule has 0 aliphatic rings. The third-order valence-electron chi connectivity index (χ3n) is 2.80. The lowest BCUT2D eigenvalue weighted by Crippen LogP contribution is -2.09. The molecule has 0 bridgehead atoms. The van der Waals surface area contributed by atoms with Crippen LogP contribution in [0.15, 0.2) is 40.2 Å². The van der Waals surface area contributed by atoms with Gasteiger partial charge < -0.3 is 0 Å². The van der Waals surface area contributed by atoms with Gasteiger partial charge in [0.2, 0.25) is 0 Å². The van der Waals surface area contributed by atoms with Crippen molar-refractivity contribution >= 4 is 54.8 Å². The summed E-state index contributed by atoms with van der Waals surface area (Å²) < 4.78 is 1.20. The molecule has 0 amide bonds. The summed E-state index contributed by atoms with van der Waals surface area (Å²) in [6, 6.07) is 12.4. The number of hydrogen-bond donors (Lipinski definition) is 0. The number of alkyl halides is 1. The fraction of sp³-hybridized carbons (Fsp3) is 0.286. The van der Waals surface area contributed by atoms with E-state index in [1.54, 1.807) is 0 Å². The van der Waals surface area contributed by atoms with Gasteiger partial charge in [-0.15, -0.1) is 11.3 Å². The molecule has 96 valence electrons. The molecule has 1 heterocycles. The summed E-state index contributed by atoms with van der Waals surface area (Å²) in [5.41, 5.74) is 1.24. The van der Waals surface area contributed by atoms with Gasteiger partial charge in [-0.2, -0.15) is 0 Å². The van der Waals surface area contributed by atoms with Gasteiger partial charge in [0, 0.05) is 15.2 Å². The van der Waals surface area contributed by atoms with Crippen molar-refractivity contribution < 1.29 is 0 Å². The highest BCUT2D eigenvalue weighted by Gasteiger charge is 2.12. The Balaban J connectivity index is 2.04. The second-order valence-corrected chi connectivity index (χ2v) is 7.83. The van der Waals surface area contributed by atoms with E-state index in [2.05, 4.69) is 50.1 Å². The maximum atomic E-state index is 6.21. The van der Waals surface area contributed by atoms with Gasteiger partial charge in [0.05, 0.1) is 3.79 Å². The zero-order chi connectivity index (χ0) is 13.0. The van der Waals surface area contributed by atoms with Gasteiger partial charge in [0.1, 0.15) is 0 Å². The second-order valence-electron chi connectivity index (χ2n) is 4.23. The molecular weight excluding hydrogens is 395 g/mol. The van der Waals surface area contributed by atoms with Crippen LogP contribution in [0.1, 0.15) is 10.4 Å². The van der Waals surface area contributed by atoms with Crippen LogP contribution >= 0.6 is 54.8 Å². The Morgan fingerprint density at radius 3 is 2.50 bits per heavy atom. The lowest BCUT2D eigenvalue weighted by molar-refractivity contribution is 0.596. The molecule has 2 rings (SSSR count). The van der Waals surface area contributed by atoms with Crippen LogP contribution in [-0.4, -0.2) is 5.33 Å². The zero-order valence-electron chi connectivity index (χ0n) is 9.70. The summed E-state index contributed by atoms with van der Waals surface area (Å²) in [7, 11) is 0. The Morgan fingerprint density at radius 1 is 1.11 bits per heavy atom. The molecule has 1 aromatic heterocycles. The Hall–Kier alpha value is 0.170. The predicted molar refractivity (Wildman–Crippen MR) is 88.2 cm³/mol. The molecule has 1 aromatic carbocycles. The molecule has 1 atom stereocenters. The fourth-order valence-corrected chi connectivity index (χ4v) is 4.17. The van der Waals surface area contributed by atoms with E-state index in [4.69, 9.17) is 11.6 Å². The first-order valence-electron chi connectivity index (χ1n) is 5.72. The van der Waals surface area contributed by atoms with Crippen LogP contribution in [0.25, 0.3) is 0 Å². The van der Waals surface area contributed by atoms with E-state index in [1.165, 1.54) is 14.2 Å². The van der Waals surface area contributed by atoms with E-state index < -0.39 is 0 Å². The molecular formula is C14H13Br2ClS. The van der Waals surface area contributed by atoms with E-state index in [1.807, 2.05) is 29.5 Å². The maximum absolute atomic E-state index is 6.21. The van der Waals surface area contributed by atoms with Gasteiger partial charge in [0.25, 0.3) is 0 Å². The predicted octanol–water partition coefficient (Wildman–Crippen LogP) is 5.96. The van der Waals surface area contributed by atoms with Crippen molar-refractivity contribution in [3.8, 4) is 0 Å². The number of rotatable bonds is 5. The largest absolute Gasteiger partial charge is 0.133 e. The first-order chi connectivity index (χ1) is 8.69. The smallest absolute Gasteiger partial charge is 0.0701 e. The van der Waals surface area contributed by atoms with Crippen molar-refractivity contribution in [2.75, 3.05) is 5.33 Å². The van der Waals surface area contributed by atoms with Gasteiger partial charge in [-0.1, -0.05) is 45.7 Å².